The number of ketones is 1. The molecule has 3 heteroatoms. The smallest absolute Gasteiger partial charge is 0.157 e. The minimum Gasteiger partial charge on any atom is -0.353 e. The van der Waals surface area contributed by atoms with Gasteiger partial charge in [-0.25, -0.2) is 0 Å². The quantitative estimate of drug-likeness (QED) is 0.539. The van der Waals surface area contributed by atoms with Crippen molar-refractivity contribution >= 4 is 5.78 Å². The van der Waals surface area contributed by atoms with E-state index in [-0.39, 0.29) is 6.29 Å². The third-order valence-electron chi connectivity index (χ3n) is 1.99. The number of Topliss-reactive ketones (excluding diaryl/α,β-unsaturated/α-hetero) is 1. The number of hydrogen-bond acceptors (Lipinski definition) is 3. The number of rotatable bonds is 9. The van der Waals surface area contributed by atoms with Gasteiger partial charge in [0.25, 0.3) is 0 Å². The van der Waals surface area contributed by atoms with Crippen molar-refractivity contribution in [2.75, 3.05) is 13.2 Å². The molecule has 0 saturated heterocycles. The molecule has 0 spiro atoms. The fraction of sp³-hybridized carbons (Fsp3) is 0.909. The first-order valence-electron chi connectivity index (χ1n) is 5.49. The van der Waals surface area contributed by atoms with Gasteiger partial charge < -0.3 is 9.47 Å². The zero-order valence-electron chi connectivity index (χ0n) is 9.54. The minimum atomic E-state index is -0.130. The second kappa shape index (κ2) is 9.16. The summed E-state index contributed by atoms with van der Waals surface area (Å²) in [5.74, 6) is 0.316. The Balaban J connectivity index is 3.54. The number of carbonyl (C=O) groups is 1. The lowest BCUT2D eigenvalue weighted by Gasteiger charge is -2.16. The van der Waals surface area contributed by atoms with Crippen molar-refractivity contribution in [1.82, 2.24) is 0 Å². The van der Waals surface area contributed by atoms with Crippen molar-refractivity contribution in [3.63, 3.8) is 0 Å². The molecule has 0 unspecified atom stereocenters. The van der Waals surface area contributed by atoms with Crippen molar-refractivity contribution in [2.45, 2.75) is 52.7 Å². The Bertz CT molecular complexity index is 139. The monoisotopic (exact) mass is 202 g/mol. The van der Waals surface area contributed by atoms with Crippen LogP contribution in [-0.4, -0.2) is 25.3 Å². The van der Waals surface area contributed by atoms with Gasteiger partial charge in [-0.1, -0.05) is 6.92 Å². The van der Waals surface area contributed by atoms with Crippen LogP contribution in [0.15, 0.2) is 0 Å². The maximum Gasteiger partial charge on any atom is 0.157 e. The maximum atomic E-state index is 11.0. The fourth-order valence-electron chi connectivity index (χ4n) is 1.23. The molecule has 0 aliphatic rings. The third-order valence-corrected chi connectivity index (χ3v) is 1.99. The van der Waals surface area contributed by atoms with Crippen LogP contribution in [-0.2, 0) is 14.3 Å². The van der Waals surface area contributed by atoms with Gasteiger partial charge >= 0.3 is 0 Å². The molecule has 14 heavy (non-hydrogen) atoms. The molecule has 0 aliphatic heterocycles. The van der Waals surface area contributed by atoms with E-state index in [0.717, 1.165) is 12.8 Å². The first kappa shape index (κ1) is 13.6. The topological polar surface area (TPSA) is 35.5 Å². The van der Waals surface area contributed by atoms with E-state index in [1.54, 1.807) is 0 Å². The highest BCUT2D eigenvalue weighted by Gasteiger charge is 2.08. The molecule has 0 amide bonds. The predicted octanol–water partition coefficient (Wildman–Crippen LogP) is 2.53. The summed E-state index contributed by atoms with van der Waals surface area (Å²) >= 11 is 0. The van der Waals surface area contributed by atoms with E-state index in [0.29, 0.717) is 31.8 Å². The van der Waals surface area contributed by atoms with E-state index in [4.69, 9.17) is 9.47 Å². The molecule has 3 nitrogen and oxygen atoms in total. The predicted molar refractivity (Wildman–Crippen MR) is 56.2 cm³/mol. The lowest BCUT2D eigenvalue weighted by atomic mass is 10.1. The summed E-state index contributed by atoms with van der Waals surface area (Å²) in [5, 5.41) is 0. The number of hydrogen-bond donors (Lipinski definition) is 0. The van der Waals surface area contributed by atoms with E-state index >= 15 is 0 Å². The summed E-state index contributed by atoms with van der Waals surface area (Å²) in [5.41, 5.74) is 0. The molecule has 0 radical (unpaired) electrons. The molecule has 0 saturated carbocycles. The molecule has 84 valence electrons. The highest BCUT2D eigenvalue weighted by molar-refractivity contribution is 5.77. The van der Waals surface area contributed by atoms with Gasteiger partial charge in [-0.3, -0.25) is 4.79 Å². The Morgan fingerprint density at radius 3 is 2.14 bits per heavy atom. The Kier molecular flexibility index (Phi) is 8.89. The van der Waals surface area contributed by atoms with Crippen molar-refractivity contribution in [3.8, 4) is 0 Å². The van der Waals surface area contributed by atoms with Crippen LogP contribution in [0, 0.1) is 0 Å². The number of carbonyl (C=O) groups excluding carboxylic acids is 1. The highest BCUT2D eigenvalue weighted by Crippen LogP contribution is 2.07. The van der Waals surface area contributed by atoms with Crippen LogP contribution in [0.5, 0.6) is 0 Å². The van der Waals surface area contributed by atoms with Crippen LogP contribution in [0.4, 0.5) is 0 Å². The minimum absolute atomic E-state index is 0.130. The van der Waals surface area contributed by atoms with E-state index < -0.39 is 0 Å². The average molecular weight is 202 g/mol. The second-order valence-electron chi connectivity index (χ2n) is 3.12. The molecule has 0 aromatic carbocycles. The lowest BCUT2D eigenvalue weighted by molar-refractivity contribution is -0.141. The van der Waals surface area contributed by atoms with Gasteiger partial charge in [-0.05, 0) is 26.7 Å². The summed E-state index contributed by atoms with van der Waals surface area (Å²) in [4.78, 5) is 11.0. The van der Waals surface area contributed by atoms with Crippen LogP contribution < -0.4 is 0 Å². The summed E-state index contributed by atoms with van der Waals surface area (Å²) in [6, 6.07) is 0. The SMILES string of the molecule is CCOC(CCCC(=O)CC)OCC. The molecule has 0 aromatic rings. The van der Waals surface area contributed by atoms with E-state index in [9.17, 15) is 4.79 Å². The van der Waals surface area contributed by atoms with E-state index in [2.05, 4.69) is 0 Å². The molecule has 0 atom stereocenters. The van der Waals surface area contributed by atoms with Gasteiger partial charge in [-0.15, -0.1) is 0 Å². The Hall–Kier alpha value is -0.410. The molecular weight excluding hydrogens is 180 g/mol. The van der Waals surface area contributed by atoms with Crippen molar-refractivity contribution < 1.29 is 14.3 Å². The largest absolute Gasteiger partial charge is 0.353 e. The normalized spacial score (nSPS) is 10.9. The lowest BCUT2D eigenvalue weighted by Crippen LogP contribution is -2.17. The zero-order chi connectivity index (χ0) is 10.8. The van der Waals surface area contributed by atoms with Gasteiger partial charge in [0.1, 0.15) is 5.78 Å². The second-order valence-corrected chi connectivity index (χ2v) is 3.12. The van der Waals surface area contributed by atoms with Crippen molar-refractivity contribution in [3.05, 3.63) is 0 Å². The first-order chi connectivity index (χ1) is 6.74. The van der Waals surface area contributed by atoms with Gasteiger partial charge in [-0.2, -0.15) is 0 Å². The molecule has 0 bridgehead atoms. The molecule has 0 aromatic heterocycles. The highest BCUT2D eigenvalue weighted by atomic mass is 16.7. The van der Waals surface area contributed by atoms with Crippen molar-refractivity contribution in [1.29, 1.82) is 0 Å². The molecule has 0 heterocycles. The van der Waals surface area contributed by atoms with Gasteiger partial charge in [0.05, 0.1) is 0 Å². The maximum absolute atomic E-state index is 11.0. The molecule has 0 rings (SSSR count). The Morgan fingerprint density at radius 2 is 1.71 bits per heavy atom. The van der Waals surface area contributed by atoms with Crippen LogP contribution in [0.3, 0.4) is 0 Å². The van der Waals surface area contributed by atoms with Gasteiger partial charge in [0.2, 0.25) is 0 Å². The zero-order valence-corrected chi connectivity index (χ0v) is 9.54. The molecule has 0 N–H and O–H groups in total. The van der Waals surface area contributed by atoms with Crippen LogP contribution in [0.25, 0.3) is 0 Å². The Labute approximate surface area is 86.8 Å². The summed E-state index contributed by atoms with van der Waals surface area (Å²) in [7, 11) is 0. The molecule has 0 aliphatic carbocycles. The fourth-order valence-corrected chi connectivity index (χ4v) is 1.23. The first-order valence-corrected chi connectivity index (χ1v) is 5.49. The van der Waals surface area contributed by atoms with E-state index in [1.165, 1.54) is 0 Å². The van der Waals surface area contributed by atoms with Gasteiger partial charge in [0.15, 0.2) is 6.29 Å². The molecular formula is C11H22O3. The van der Waals surface area contributed by atoms with Crippen molar-refractivity contribution in [2.24, 2.45) is 0 Å². The van der Waals surface area contributed by atoms with Crippen LogP contribution >= 0.6 is 0 Å². The molecule has 0 fully saturated rings. The standard InChI is InChI=1S/C11H22O3/c1-4-10(12)8-7-9-11(13-5-2)14-6-3/h11H,4-9H2,1-3H3. The number of ether oxygens (including phenoxy) is 2. The summed E-state index contributed by atoms with van der Waals surface area (Å²) in [6.07, 6.45) is 2.82. The van der Waals surface area contributed by atoms with E-state index in [1.807, 2.05) is 20.8 Å². The average Bonchev–Trinajstić information content (AvgIpc) is 2.18. The summed E-state index contributed by atoms with van der Waals surface area (Å²) in [6.45, 7) is 7.11. The van der Waals surface area contributed by atoms with Crippen LogP contribution in [0.2, 0.25) is 0 Å². The van der Waals surface area contributed by atoms with Gasteiger partial charge in [0, 0.05) is 26.1 Å². The Morgan fingerprint density at radius 1 is 1.14 bits per heavy atom. The summed E-state index contributed by atoms with van der Waals surface area (Å²) < 4.78 is 10.7. The van der Waals surface area contributed by atoms with Crippen LogP contribution in [0.1, 0.15) is 46.5 Å². The third kappa shape index (κ3) is 7.04.